The smallest absolute Gasteiger partial charge is 0.258 e. The molecule has 126 valence electrons. The topological polar surface area (TPSA) is 55.1 Å². The number of nitrogens with zero attached hydrogens (tertiary/aromatic N) is 1. The van der Waals surface area contributed by atoms with E-state index in [4.69, 9.17) is 4.42 Å². The van der Waals surface area contributed by atoms with E-state index in [9.17, 15) is 13.6 Å². The van der Waals surface area contributed by atoms with Crippen LogP contribution in [0.2, 0.25) is 0 Å². The Morgan fingerprint density at radius 2 is 1.88 bits per heavy atom. The second-order valence-corrected chi connectivity index (χ2v) is 5.99. The summed E-state index contributed by atoms with van der Waals surface area (Å²) in [7, 11) is 0. The van der Waals surface area contributed by atoms with Crippen LogP contribution in [0.25, 0.3) is 11.3 Å². The first-order valence-electron chi connectivity index (χ1n) is 7.93. The van der Waals surface area contributed by atoms with Crippen LogP contribution in [0, 0.1) is 11.6 Å². The third kappa shape index (κ3) is 3.28. The molecule has 25 heavy (non-hydrogen) atoms. The summed E-state index contributed by atoms with van der Waals surface area (Å²) in [4.78, 5) is 16.4. The Labute approximate surface area is 142 Å². The van der Waals surface area contributed by atoms with Crippen molar-refractivity contribution in [1.29, 1.82) is 0 Å². The van der Waals surface area contributed by atoms with E-state index >= 15 is 0 Å². The van der Waals surface area contributed by atoms with Crippen LogP contribution in [0.15, 0.2) is 53.1 Å². The number of nitrogens with one attached hydrogen (secondary N) is 1. The molecule has 1 fully saturated rings. The first kappa shape index (κ1) is 15.5. The third-order valence-corrected chi connectivity index (χ3v) is 4.05. The number of hydrogen-bond acceptors (Lipinski definition) is 3. The van der Waals surface area contributed by atoms with Crippen molar-refractivity contribution in [3.8, 4) is 11.3 Å². The number of carbonyl (C=O) groups excluding carboxylic acids is 1. The molecule has 0 radical (unpaired) electrons. The number of anilines is 1. The van der Waals surface area contributed by atoms with Gasteiger partial charge in [0, 0.05) is 23.2 Å². The molecule has 1 amide bonds. The van der Waals surface area contributed by atoms with E-state index in [1.165, 1.54) is 0 Å². The standard InChI is InChI=1S/C19H14F2N2O2/c20-13-5-8-15(16(21)9-13)18(24)23-14-6-3-11(4-7-14)17-10-22-19(25-17)12-1-2-12/h3-10,12H,1-2H2,(H,23,24). The SMILES string of the molecule is O=C(Nc1ccc(-c2cnc(C3CC3)o2)cc1)c1ccc(F)cc1F. The van der Waals surface area contributed by atoms with E-state index in [0.717, 1.165) is 36.4 Å². The number of halogens is 2. The fraction of sp³-hybridized carbons (Fsp3) is 0.158. The lowest BCUT2D eigenvalue weighted by atomic mass is 10.1. The lowest BCUT2D eigenvalue weighted by Crippen LogP contribution is -2.13. The minimum atomic E-state index is -0.900. The van der Waals surface area contributed by atoms with Gasteiger partial charge in [-0.1, -0.05) is 0 Å². The predicted molar refractivity (Wildman–Crippen MR) is 88.2 cm³/mol. The van der Waals surface area contributed by atoms with Crippen molar-refractivity contribution in [2.24, 2.45) is 0 Å². The average Bonchev–Trinajstić information content (AvgIpc) is 3.33. The Balaban J connectivity index is 1.48. The summed E-state index contributed by atoms with van der Waals surface area (Å²) < 4.78 is 32.3. The zero-order valence-electron chi connectivity index (χ0n) is 13.1. The highest BCUT2D eigenvalue weighted by molar-refractivity contribution is 6.04. The highest BCUT2D eigenvalue weighted by atomic mass is 19.1. The summed E-state index contributed by atoms with van der Waals surface area (Å²) in [5, 5.41) is 2.58. The van der Waals surface area contributed by atoms with Crippen LogP contribution in [0.5, 0.6) is 0 Å². The van der Waals surface area contributed by atoms with Crippen LogP contribution in [-0.2, 0) is 0 Å². The zero-order valence-corrected chi connectivity index (χ0v) is 13.1. The number of rotatable bonds is 4. The average molecular weight is 340 g/mol. The van der Waals surface area contributed by atoms with E-state index in [2.05, 4.69) is 10.3 Å². The molecule has 0 unspecified atom stereocenters. The third-order valence-electron chi connectivity index (χ3n) is 4.05. The van der Waals surface area contributed by atoms with Crippen molar-refractivity contribution in [2.75, 3.05) is 5.32 Å². The van der Waals surface area contributed by atoms with Gasteiger partial charge >= 0.3 is 0 Å². The van der Waals surface area contributed by atoms with Crippen LogP contribution in [0.1, 0.15) is 35.0 Å². The van der Waals surface area contributed by atoms with Gasteiger partial charge in [0.2, 0.25) is 0 Å². The van der Waals surface area contributed by atoms with Crippen molar-refractivity contribution < 1.29 is 18.0 Å². The molecule has 1 N–H and O–H groups in total. The van der Waals surface area contributed by atoms with Crippen molar-refractivity contribution in [3.05, 3.63) is 71.8 Å². The molecule has 0 atom stereocenters. The lowest BCUT2D eigenvalue weighted by molar-refractivity contribution is 0.102. The molecule has 3 aromatic rings. The first-order chi connectivity index (χ1) is 12.1. The molecular formula is C19H14F2N2O2. The molecule has 1 aliphatic carbocycles. The summed E-state index contributed by atoms with van der Waals surface area (Å²) in [6, 6.07) is 9.79. The van der Waals surface area contributed by atoms with Gasteiger partial charge in [0.15, 0.2) is 11.7 Å². The van der Waals surface area contributed by atoms with Gasteiger partial charge < -0.3 is 9.73 Å². The summed E-state index contributed by atoms with van der Waals surface area (Å²) >= 11 is 0. The summed E-state index contributed by atoms with van der Waals surface area (Å²) in [6.45, 7) is 0. The summed E-state index contributed by atoms with van der Waals surface area (Å²) in [5.74, 6) is -0.387. The van der Waals surface area contributed by atoms with E-state index in [1.54, 1.807) is 30.5 Å². The number of amides is 1. The van der Waals surface area contributed by atoms with Crippen LogP contribution >= 0.6 is 0 Å². The number of aromatic nitrogens is 1. The Hall–Kier alpha value is -3.02. The molecule has 6 heteroatoms. The van der Waals surface area contributed by atoms with E-state index in [1.807, 2.05) is 0 Å². The van der Waals surface area contributed by atoms with Crippen LogP contribution < -0.4 is 5.32 Å². The Morgan fingerprint density at radius 3 is 2.56 bits per heavy atom. The van der Waals surface area contributed by atoms with Crippen molar-refractivity contribution in [1.82, 2.24) is 4.98 Å². The van der Waals surface area contributed by atoms with Gasteiger partial charge in [-0.3, -0.25) is 4.79 Å². The van der Waals surface area contributed by atoms with Crippen molar-refractivity contribution >= 4 is 11.6 Å². The van der Waals surface area contributed by atoms with Crippen LogP contribution in [-0.4, -0.2) is 10.9 Å². The van der Waals surface area contributed by atoms with Gasteiger partial charge in [-0.25, -0.2) is 13.8 Å². The van der Waals surface area contributed by atoms with Gasteiger partial charge in [0.1, 0.15) is 11.6 Å². The maximum absolute atomic E-state index is 13.6. The van der Waals surface area contributed by atoms with Gasteiger partial charge in [0.25, 0.3) is 5.91 Å². The molecule has 1 saturated carbocycles. The fourth-order valence-corrected chi connectivity index (χ4v) is 2.53. The number of hydrogen-bond donors (Lipinski definition) is 1. The molecule has 4 rings (SSSR count). The number of carbonyl (C=O) groups is 1. The highest BCUT2D eigenvalue weighted by Gasteiger charge is 2.28. The molecule has 1 aromatic heterocycles. The maximum atomic E-state index is 13.6. The molecule has 0 bridgehead atoms. The Bertz CT molecular complexity index is 931. The molecular weight excluding hydrogens is 326 g/mol. The van der Waals surface area contributed by atoms with E-state index < -0.39 is 17.5 Å². The number of oxazole rings is 1. The quantitative estimate of drug-likeness (QED) is 0.746. The number of benzene rings is 2. The van der Waals surface area contributed by atoms with Gasteiger partial charge in [-0.15, -0.1) is 0 Å². The second kappa shape index (κ2) is 6.12. The monoisotopic (exact) mass is 340 g/mol. The van der Waals surface area contributed by atoms with Gasteiger partial charge in [-0.2, -0.15) is 0 Å². The van der Waals surface area contributed by atoms with Gasteiger partial charge in [-0.05, 0) is 49.2 Å². The first-order valence-corrected chi connectivity index (χ1v) is 7.93. The second-order valence-electron chi connectivity index (χ2n) is 5.99. The van der Waals surface area contributed by atoms with Crippen LogP contribution in [0.3, 0.4) is 0 Å². The summed E-state index contributed by atoms with van der Waals surface area (Å²) in [6.07, 6.45) is 3.92. The van der Waals surface area contributed by atoms with Crippen LogP contribution in [0.4, 0.5) is 14.5 Å². The van der Waals surface area contributed by atoms with E-state index in [-0.39, 0.29) is 5.56 Å². The minimum Gasteiger partial charge on any atom is -0.440 e. The molecule has 4 nitrogen and oxygen atoms in total. The summed E-state index contributed by atoms with van der Waals surface area (Å²) in [5.41, 5.74) is 1.12. The molecule has 2 aromatic carbocycles. The molecule has 1 aliphatic rings. The molecule has 0 aliphatic heterocycles. The van der Waals surface area contributed by atoms with Gasteiger partial charge in [0.05, 0.1) is 11.8 Å². The van der Waals surface area contributed by atoms with E-state index in [0.29, 0.717) is 23.4 Å². The normalized spacial score (nSPS) is 13.7. The zero-order chi connectivity index (χ0) is 17.4. The molecule has 0 saturated heterocycles. The lowest BCUT2D eigenvalue weighted by Gasteiger charge is -2.07. The maximum Gasteiger partial charge on any atom is 0.258 e. The highest BCUT2D eigenvalue weighted by Crippen LogP contribution is 2.40. The Morgan fingerprint density at radius 1 is 1.12 bits per heavy atom. The van der Waals surface area contributed by atoms with Crippen molar-refractivity contribution in [2.45, 2.75) is 18.8 Å². The molecule has 1 heterocycles. The Kier molecular flexibility index (Phi) is 3.80. The van der Waals surface area contributed by atoms with Crippen molar-refractivity contribution in [3.63, 3.8) is 0 Å². The largest absolute Gasteiger partial charge is 0.440 e. The predicted octanol–water partition coefficient (Wildman–Crippen LogP) is 4.75. The fourth-order valence-electron chi connectivity index (χ4n) is 2.53. The minimum absolute atomic E-state index is 0.213. The molecule has 0 spiro atoms.